The first-order valence-corrected chi connectivity index (χ1v) is 11.4. The van der Waals surface area contributed by atoms with E-state index in [1.54, 1.807) is 7.05 Å². The van der Waals surface area contributed by atoms with Crippen molar-refractivity contribution in [3.63, 3.8) is 0 Å². The van der Waals surface area contributed by atoms with Crippen LogP contribution in [-0.2, 0) is 14.6 Å². The van der Waals surface area contributed by atoms with Crippen LogP contribution in [0.25, 0.3) is 16.9 Å². The van der Waals surface area contributed by atoms with Crippen molar-refractivity contribution in [3.8, 4) is 11.3 Å². The Morgan fingerprint density at radius 3 is 2.86 bits per heavy atom. The molecule has 0 spiro atoms. The van der Waals surface area contributed by atoms with E-state index in [-0.39, 0.29) is 30.0 Å². The van der Waals surface area contributed by atoms with Gasteiger partial charge in [-0.1, -0.05) is 18.2 Å². The predicted octanol–water partition coefficient (Wildman–Crippen LogP) is 2.37. The average molecular weight is 413 g/mol. The zero-order chi connectivity index (χ0) is 20.6. The summed E-state index contributed by atoms with van der Waals surface area (Å²) >= 11 is 0. The van der Waals surface area contributed by atoms with Crippen molar-refractivity contribution in [2.45, 2.75) is 19.4 Å². The van der Waals surface area contributed by atoms with Gasteiger partial charge in [0.15, 0.2) is 9.84 Å². The van der Waals surface area contributed by atoms with Crippen molar-refractivity contribution in [2.24, 2.45) is 0 Å². The largest absolute Gasteiger partial charge is 0.325 e. The van der Waals surface area contributed by atoms with Crippen LogP contribution in [0.1, 0.15) is 12.0 Å². The van der Waals surface area contributed by atoms with Gasteiger partial charge in [0.25, 0.3) is 0 Å². The van der Waals surface area contributed by atoms with Gasteiger partial charge in [-0.25, -0.2) is 13.4 Å². The Labute approximate surface area is 170 Å². The molecule has 4 rings (SSSR count). The van der Waals surface area contributed by atoms with Crippen LogP contribution in [0.3, 0.4) is 0 Å². The summed E-state index contributed by atoms with van der Waals surface area (Å²) in [6.07, 6.45) is 4.51. The van der Waals surface area contributed by atoms with Gasteiger partial charge in [0, 0.05) is 29.7 Å². The molecular formula is C21H24N4O3S. The van der Waals surface area contributed by atoms with Crippen LogP contribution in [0.4, 0.5) is 5.69 Å². The number of hydrogen-bond acceptors (Lipinski definition) is 5. The van der Waals surface area contributed by atoms with Crippen LogP contribution in [0.2, 0.25) is 0 Å². The molecule has 0 bridgehead atoms. The first kappa shape index (κ1) is 19.6. The third-order valence-corrected chi connectivity index (χ3v) is 7.10. The van der Waals surface area contributed by atoms with E-state index in [0.717, 1.165) is 22.5 Å². The predicted molar refractivity (Wildman–Crippen MR) is 114 cm³/mol. The van der Waals surface area contributed by atoms with Crippen molar-refractivity contribution in [1.82, 2.24) is 14.3 Å². The normalized spacial score (nSPS) is 18.4. The first-order chi connectivity index (χ1) is 13.8. The van der Waals surface area contributed by atoms with Gasteiger partial charge >= 0.3 is 0 Å². The molecule has 2 aromatic heterocycles. The van der Waals surface area contributed by atoms with Gasteiger partial charge in [0.05, 0.1) is 23.7 Å². The zero-order valence-electron chi connectivity index (χ0n) is 16.5. The molecule has 0 radical (unpaired) electrons. The van der Waals surface area contributed by atoms with Gasteiger partial charge < -0.3 is 9.72 Å². The number of aryl methyl sites for hydroxylation is 1. The molecule has 0 saturated carbocycles. The monoisotopic (exact) mass is 412 g/mol. The molecule has 1 aromatic carbocycles. The number of fused-ring (bicyclic) bond motifs is 1. The molecule has 1 fully saturated rings. The maximum atomic E-state index is 12.5. The standard InChI is InChI=1S/C21H24N4O3S/c1-15-5-4-9-25-12-19(23-21(15)25)16-6-3-7-17(11-16)22-20(26)13-24(2)18-8-10-29(27,28)14-18/h3-7,9,11-12,18H,8,10,13-14H2,1-2H3,(H,22,26)/t18-/m1/s1. The minimum atomic E-state index is -2.97. The minimum absolute atomic E-state index is 0.0988. The number of sulfone groups is 1. The van der Waals surface area contributed by atoms with E-state index >= 15 is 0 Å². The van der Waals surface area contributed by atoms with Gasteiger partial charge in [-0.3, -0.25) is 9.69 Å². The molecule has 1 aliphatic heterocycles. The highest BCUT2D eigenvalue weighted by molar-refractivity contribution is 7.91. The van der Waals surface area contributed by atoms with Crippen molar-refractivity contribution < 1.29 is 13.2 Å². The molecule has 1 N–H and O–H groups in total. The van der Waals surface area contributed by atoms with Crippen molar-refractivity contribution in [2.75, 3.05) is 30.4 Å². The molecular weight excluding hydrogens is 388 g/mol. The number of rotatable bonds is 5. The van der Waals surface area contributed by atoms with E-state index in [4.69, 9.17) is 4.98 Å². The van der Waals surface area contributed by atoms with Crippen LogP contribution in [0.15, 0.2) is 48.8 Å². The smallest absolute Gasteiger partial charge is 0.238 e. The molecule has 0 unspecified atom stereocenters. The van der Waals surface area contributed by atoms with Crippen molar-refractivity contribution >= 4 is 27.1 Å². The maximum Gasteiger partial charge on any atom is 0.238 e. The fraction of sp³-hybridized carbons (Fsp3) is 0.333. The maximum absolute atomic E-state index is 12.5. The van der Waals surface area contributed by atoms with E-state index in [1.165, 1.54) is 0 Å². The molecule has 3 heterocycles. The number of aromatic nitrogens is 2. The molecule has 8 heteroatoms. The highest BCUT2D eigenvalue weighted by Gasteiger charge is 2.31. The average Bonchev–Trinajstić information content (AvgIpc) is 3.26. The second-order valence-electron chi connectivity index (χ2n) is 7.65. The number of nitrogens with one attached hydrogen (secondary N) is 1. The first-order valence-electron chi connectivity index (χ1n) is 9.56. The quantitative estimate of drug-likeness (QED) is 0.696. The number of carbonyl (C=O) groups is 1. The summed E-state index contributed by atoms with van der Waals surface area (Å²) in [5.41, 5.74) is 4.45. The number of hydrogen-bond donors (Lipinski definition) is 1. The Kier molecular flexibility index (Phi) is 5.14. The highest BCUT2D eigenvalue weighted by Crippen LogP contribution is 2.23. The lowest BCUT2D eigenvalue weighted by atomic mass is 10.1. The second kappa shape index (κ2) is 7.61. The fourth-order valence-electron chi connectivity index (χ4n) is 3.73. The Balaban J connectivity index is 1.46. The molecule has 1 aliphatic rings. The van der Waals surface area contributed by atoms with Crippen molar-refractivity contribution in [3.05, 3.63) is 54.4 Å². The molecule has 29 heavy (non-hydrogen) atoms. The molecule has 1 amide bonds. The lowest BCUT2D eigenvalue weighted by molar-refractivity contribution is -0.117. The van der Waals surface area contributed by atoms with Gasteiger partial charge in [0.2, 0.25) is 5.91 Å². The summed E-state index contributed by atoms with van der Waals surface area (Å²) in [4.78, 5) is 19.0. The highest BCUT2D eigenvalue weighted by atomic mass is 32.2. The van der Waals surface area contributed by atoms with Crippen LogP contribution in [0, 0.1) is 6.92 Å². The number of imidazole rings is 1. The Hall–Kier alpha value is -2.71. The SMILES string of the molecule is Cc1cccn2cc(-c3cccc(NC(=O)CN(C)[C@@H]4CCS(=O)(=O)C4)c3)nc12. The molecule has 1 atom stereocenters. The van der Waals surface area contributed by atoms with E-state index in [2.05, 4.69) is 5.32 Å². The van der Waals surface area contributed by atoms with Gasteiger partial charge in [-0.15, -0.1) is 0 Å². The van der Waals surface area contributed by atoms with E-state index in [9.17, 15) is 13.2 Å². The molecule has 3 aromatic rings. The number of amides is 1. The van der Waals surface area contributed by atoms with Gasteiger partial charge in [-0.05, 0) is 44.2 Å². The van der Waals surface area contributed by atoms with Gasteiger partial charge in [-0.2, -0.15) is 0 Å². The lowest BCUT2D eigenvalue weighted by Crippen LogP contribution is -2.38. The van der Waals surface area contributed by atoms with Crippen LogP contribution in [0.5, 0.6) is 0 Å². The summed E-state index contributed by atoms with van der Waals surface area (Å²) < 4.78 is 25.3. The fourth-order valence-corrected chi connectivity index (χ4v) is 5.53. The number of nitrogens with zero attached hydrogens (tertiary/aromatic N) is 3. The summed E-state index contributed by atoms with van der Waals surface area (Å²) in [5.74, 6) is 0.156. The molecule has 0 aliphatic carbocycles. The second-order valence-corrected chi connectivity index (χ2v) is 9.88. The lowest BCUT2D eigenvalue weighted by Gasteiger charge is -2.22. The third-order valence-electron chi connectivity index (χ3n) is 5.34. The molecule has 152 valence electrons. The Morgan fingerprint density at radius 2 is 2.14 bits per heavy atom. The summed E-state index contributed by atoms with van der Waals surface area (Å²) in [6.45, 7) is 2.17. The number of carbonyl (C=O) groups excluding carboxylic acids is 1. The van der Waals surface area contributed by atoms with E-state index in [1.807, 2.05) is 65.0 Å². The number of anilines is 1. The molecule has 1 saturated heterocycles. The zero-order valence-corrected chi connectivity index (χ0v) is 17.3. The number of benzene rings is 1. The van der Waals surface area contributed by atoms with Crippen LogP contribution < -0.4 is 5.32 Å². The summed E-state index contributed by atoms with van der Waals surface area (Å²) in [6, 6.07) is 11.5. The van der Waals surface area contributed by atoms with Crippen molar-refractivity contribution in [1.29, 1.82) is 0 Å². The third kappa shape index (κ3) is 4.33. The Morgan fingerprint density at radius 1 is 1.31 bits per heavy atom. The Bertz CT molecular complexity index is 1170. The van der Waals surface area contributed by atoms with E-state index < -0.39 is 9.84 Å². The topological polar surface area (TPSA) is 83.8 Å². The summed E-state index contributed by atoms with van der Waals surface area (Å²) in [5, 5.41) is 2.91. The molecule has 7 nitrogen and oxygen atoms in total. The minimum Gasteiger partial charge on any atom is -0.325 e. The summed E-state index contributed by atoms with van der Waals surface area (Å²) in [7, 11) is -1.18. The van der Waals surface area contributed by atoms with Crippen LogP contribution in [-0.4, -0.2) is 59.7 Å². The van der Waals surface area contributed by atoms with E-state index in [0.29, 0.717) is 12.1 Å². The van der Waals surface area contributed by atoms with Gasteiger partial charge in [0.1, 0.15) is 5.65 Å². The van der Waals surface area contributed by atoms with Crippen LogP contribution >= 0.6 is 0 Å². The number of pyridine rings is 1. The number of likely N-dealkylation sites (N-methyl/N-ethyl adjacent to an activating group) is 1.